The minimum atomic E-state index is -4.48. The number of nitrogens with zero attached hydrogens (tertiary/aromatic N) is 1. The monoisotopic (exact) mass is 317 g/mol. The number of carboxylic acid groups (broad SMARTS) is 1. The molecular weight excluding hydrogens is 299 g/mol. The third-order valence-electron chi connectivity index (χ3n) is 3.45. The first-order valence-electron chi connectivity index (χ1n) is 6.61. The van der Waals surface area contributed by atoms with E-state index in [4.69, 9.17) is 5.11 Å². The maximum Gasteiger partial charge on any atom is 0.416 e. The quantitative estimate of drug-likeness (QED) is 0.908. The lowest BCUT2D eigenvalue weighted by Gasteiger charge is -2.30. The van der Waals surface area contributed by atoms with E-state index in [2.05, 4.69) is 0 Å². The summed E-state index contributed by atoms with van der Waals surface area (Å²) in [5.41, 5.74) is -1.78. The fraction of sp³-hybridized carbons (Fsp3) is 0.467. The van der Waals surface area contributed by atoms with Crippen LogP contribution in [0.5, 0.6) is 0 Å². The molecule has 0 spiro atoms. The van der Waals surface area contributed by atoms with Crippen LogP contribution in [0, 0.1) is 0 Å². The topological polar surface area (TPSA) is 57.6 Å². The Labute approximate surface area is 126 Å². The van der Waals surface area contributed by atoms with Crippen LogP contribution in [-0.2, 0) is 21.2 Å². The van der Waals surface area contributed by atoms with E-state index < -0.39 is 29.0 Å². The van der Waals surface area contributed by atoms with Crippen molar-refractivity contribution >= 4 is 11.9 Å². The fourth-order valence-corrected chi connectivity index (χ4v) is 2.05. The molecule has 1 aromatic rings. The SMILES string of the molecule is CN(CCC(=O)O)C(=O)C(C)(C)c1cccc(C(F)(F)F)c1. The number of likely N-dealkylation sites (N-methyl/N-ethyl adjacent to an activating group) is 1. The lowest BCUT2D eigenvalue weighted by Crippen LogP contribution is -2.42. The van der Waals surface area contributed by atoms with Crippen molar-refractivity contribution < 1.29 is 27.9 Å². The van der Waals surface area contributed by atoms with Crippen LogP contribution < -0.4 is 0 Å². The van der Waals surface area contributed by atoms with Crippen molar-refractivity contribution in [2.75, 3.05) is 13.6 Å². The highest BCUT2D eigenvalue weighted by atomic mass is 19.4. The Bertz CT molecular complexity index is 567. The average Bonchev–Trinajstić information content (AvgIpc) is 2.43. The Balaban J connectivity index is 3.02. The maximum atomic E-state index is 12.8. The molecule has 0 aliphatic heterocycles. The molecule has 0 radical (unpaired) electrons. The Morgan fingerprint density at radius 1 is 1.18 bits per heavy atom. The lowest BCUT2D eigenvalue weighted by atomic mass is 9.82. The molecule has 0 fully saturated rings. The lowest BCUT2D eigenvalue weighted by molar-refractivity contribution is -0.140. The van der Waals surface area contributed by atoms with Gasteiger partial charge < -0.3 is 10.0 Å². The second-order valence-electron chi connectivity index (χ2n) is 5.57. The summed E-state index contributed by atoms with van der Waals surface area (Å²) in [5, 5.41) is 8.63. The molecule has 0 atom stereocenters. The van der Waals surface area contributed by atoms with Gasteiger partial charge in [0, 0.05) is 13.6 Å². The molecule has 122 valence electrons. The molecule has 1 aromatic carbocycles. The summed E-state index contributed by atoms with van der Waals surface area (Å²) in [4.78, 5) is 24.1. The molecule has 4 nitrogen and oxygen atoms in total. The normalized spacial score (nSPS) is 12.1. The van der Waals surface area contributed by atoms with Crippen LogP contribution in [-0.4, -0.2) is 35.5 Å². The molecular formula is C15H18F3NO3. The smallest absolute Gasteiger partial charge is 0.416 e. The van der Waals surface area contributed by atoms with E-state index in [9.17, 15) is 22.8 Å². The van der Waals surface area contributed by atoms with Gasteiger partial charge in [0.1, 0.15) is 0 Å². The standard InChI is InChI=1S/C15H18F3NO3/c1-14(2,13(22)19(3)8-7-12(20)21)10-5-4-6-11(9-10)15(16,17)18/h4-6,9H,7-8H2,1-3H3,(H,20,21). The van der Waals surface area contributed by atoms with Crippen LogP contribution in [0.2, 0.25) is 0 Å². The molecule has 0 saturated heterocycles. The van der Waals surface area contributed by atoms with Gasteiger partial charge >= 0.3 is 12.1 Å². The summed E-state index contributed by atoms with van der Waals surface area (Å²) in [5.74, 6) is -1.48. The number of hydrogen-bond donors (Lipinski definition) is 1. The zero-order valence-corrected chi connectivity index (χ0v) is 12.6. The van der Waals surface area contributed by atoms with Crippen molar-refractivity contribution in [3.8, 4) is 0 Å². The summed E-state index contributed by atoms with van der Waals surface area (Å²) < 4.78 is 38.3. The molecule has 0 aliphatic rings. The molecule has 0 bridgehead atoms. The number of alkyl halides is 3. The zero-order valence-electron chi connectivity index (χ0n) is 12.6. The van der Waals surface area contributed by atoms with E-state index in [0.29, 0.717) is 0 Å². The Morgan fingerprint density at radius 3 is 2.23 bits per heavy atom. The number of benzene rings is 1. The molecule has 0 aromatic heterocycles. The van der Waals surface area contributed by atoms with E-state index in [0.717, 1.165) is 12.1 Å². The largest absolute Gasteiger partial charge is 0.481 e. The van der Waals surface area contributed by atoms with E-state index in [1.54, 1.807) is 0 Å². The molecule has 0 unspecified atom stereocenters. The number of rotatable bonds is 5. The van der Waals surface area contributed by atoms with Gasteiger partial charge in [-0.1, -0.05) is 18.2 Å². The minimum absolute atomic E-state index is 0.00341. The minimum Gasteiger partial charge on any atom is -0.481 e. The highest BCUT2D eigenvalue weighted by Crippen LogP contribution is 2.33. The summed E-state index contributed by atoms with van der Waals surface area (Å²) in [7, 11) is 1.43. The molecule has 1 rings (SSSR count). The molecule has 7 heteroatoms. The summed E-state index contributed by atoms with van der Waals surface area (Å²) in [6.07, 6.45) is -4.70. The number of hydrogen-bond acceptors (Lipinski definition) is 2. The first kappa shape index (κ1) is 18.0. The first-order valence-corrected chi connectivity index (χ1v) is 6.61. The van der Waals surface area contributed by atoms with Gasteiger partial charge in [-0.15, -0.1) is 0 Å². The summed E-state index contributed by atoms with van der Waals surface area (Å²) in [6, 6.07) is 4.60. The van der Waals surface area contributed by atoms with Crippen LogP contribution in [0.1, 0.15) is 31.4 Å². The van der Waals surface area contributed by atoms with E-state index in [-0.39, 0.29) is 18.5 Å². The second kappa shape index (κ2) is 6.37. The van der Waals surface area contributed by atoms with Crippen LogP contribution in [0.3, 0.4) is 0 Å². The van der Waals surface area contributed by atoms with Gasteiger partial charge in [0.25, 0.3) is 0 Å². The van der Waals surface area contributed by atoms with Gasteiger partial charge in [-0.25, -0.2) is 0 Å². The van der Waals surface area contributed by atoms with Crippen molar-refractivity contribution in [2.45, 2.75) is 31.9 Å². The number of carbonyl (C=O) groups is 2. The Morgan fingerprint density at radius 2 is 1.73 bits per heavy atom. The van der Waals surface area contributed by atoms with Gasteiger partial charge in [-0.2, -0.15) is 13.2 Å². The number of halogens is 3. The van der Waals surface area contributed by atoms with Crippen LogP contribution in [0.15, 0.2) is 24.3 Å². The molecule has 1 N–H and O–H groups in total. The third kappa shape index (κ3) is 4.22. The zero-order chi connectivity index (χ0) is 17.1. The van der Waals surface area contributed by atoms with Crippen LogP contribution in [0.25, 0.3) is 0 Å². The van der Waals surface area contributed by atoms with Crippen molar-refractivity contribution in [1.82, 2.24) is 4.90 Å². The van der Waals surface area contributed by atoms with E-state index >= 15 is 0 Å². The highest BCUT2D eigenvalue weighted by Gasteiger charge is 2.36. The third-order valence-corrected chi connectivity index (χ3v) is 3.45. The molecule has 0 aliphatic carbocycles. The van der Waals surface area contributed by atoms with Crippen molar-refractivity contribution in [3.05, 3.63) is 35.4 Å². The number of aliphatic carboxylic acids is 1. The number of amides is 1. The Kier molecular flexibility index (Phi) is 5.22. The molecule has 0 saturated carbocycles. The second-order valence-corrected chi connectivity index (χ2v) is 5.57. The maximum absolute atomic E-state index is 12.8. The predicted molar refractivity (Wildman–Crippen MR) is 74.4 cm³/mol. The van der Waals surface area contributed by atoms with Crippen LogP contribution >= 0.6 is 0 Å². The average molecular weight is 317 g/mol. The van der Waals surface area contributed by atoms with E-state index in [1.807, 2.05) is 0 Å². The number of carboxylic acids is 1. The van der Waals surface area contributed by atoms with Gasteiger partial charge in [0.15, 0.2) is 0 Å². The van der Waals surface area contributed by atoms with Gasteiger partial charge in [0.2, 0.25) is 5.91 Å². The van der Waals surface area contributed by atoms with Gasteiger partial charge in [-0.3, -0.25) is 9.59 Å². The van der Waals surface area contributed by atoms with Gasteiger partial charge in [0.05, 0.1) is 17.4 Å². The van der Waals surface area contributed by atoms with Crippen LogP contribution in [0.4, 0.5) is 13.2 Å². The summed E-state index contributed by atoms with van der Waals surface area (Å²) in [6.45, 7) is 3.03. The summed E-state index contributed by atoms with van der Waals surface area (Å²) >= 11 is 0. The van der Waals surface area contributed by atoms with Crippen molar-refractivity contribution in [1.29, 1.82) is 0 Å². The fourth-order valence-electron chi connectivity index (χ4n) is 2.05. The molecule has 1 amide bonds. The molecule has 0 heterocycles. The molecule has 22 heavy (non-hydrogen) atoms. The van der Waals surface area contributed by atoms with Crippen molar-refractivity contribution in [3.63, 3.8) is 0 Å². The van der Waals surface area contributed by atoms with Gasteiger partial charge in [-0.05, 0) is 25.5 Å². The number of carbonyl (C=O) groups excluding carboxylic acids is 1. The van der Waals surface area contributed by atoms with E-state index in [1.165, 1.54) is 37.9 Å². The first-order chi connectivity index (χ1) is 9.96. The highest BCUT2D eigenvalue weighted by molar-refractivity contribution is 5.87. The Hall–Kier alpha value is -2.05. The van der Waals surface area contributed by atoms with Crippen molar-refractivity contribution in [2.24, 2.45) is 0 Å². The predicted octanol–water partition coefficient (Wildman–Crippen LogP) is 2.92.